The molecule has 0 atom stereocenters. The van der Waals surface area contributed by atoms with Gasteiger partial charge < -0.3 is 10.2 Å². The normalized spacial score (nSPS) is 18.4. The monoisotopic (exact) mass is 405 g/mol. The fourth-order valence-electron chi connectivity index (χ4n) is 2.96. The molecule has 0 spiro atoms. The summed E-state index contributed by atoms with van der Waals surface area (Å²) < 4.78 is 40.2. The topological polar surface area (TPSA) is 78.5 Å². The van der Waals surface area contributed by atoms with Crippen molar-refractivity contribution < 1.29 is 17.6 Å². The molecule has 2 N–H and O–H groups in total. The summed E-state index contributed by atoms with van der Waals surface area (Å²) in [4.78, 5) is 14.0. The van der Waals surface area contributed by atoms with Crippen LogP contribution in [0.2, 0.25) is 0 Å². The third-order valence-corrected chi connectivity index (χ3v) is 6.24. The second-order valence-electron chi connectivity index (χ2n) is 6.80. The zero-order valence-corrected chi connectivity index (χ0v) is 16.1. The van der Waals surface area contributed by atoms with E-state index in [0.717, 1.165) is 24.6 Å². The lowest BCUT2D eigenvalue weighted by atomic mass is 10.1. The van der Waals surface area contributed by atoms with Crippen LogP contribution in [0.15, 0.2) is 29.2 Å². The number of benzene rings is 1. The maximum Gasteiger partial charge on any atom is 0.240 e. The van der Waals surface area contributed by atoms with Gasteiger partial charge in [0.25, 0.3) is 0 Å². The zero-order valence-electron chi connectivity index (χ0n) is 14.5. The van der Waals surface area contributed by atoms with E-state index in [1.165, 1.54) is 25.0 Å². The van der Waals surface area contributed by atoms with Crippen LogP contribution in [0.1, 0.15) is 25.7 Å². The molecule has 146 valence electrons. The Labute approximate surface area is 160 Å². The first-order valence-electron chi connectivity index (χ1n) is 8.70. The fraction of sp³-hybridized carbons (Fsp3) is 0.588. The molecule has 0 radical (unpaired) electrons. The van der Waals surface area contributed by atoms with Gasteiger partial charge in [-0.1, -0.05) is 0 Å². The van der Waals surface area contributed by atoms with Crippen molar-refractivity contribution >= 4 is 28.3 Å². The predicted octanol–water partition coefficient (Wildman–Crippen LogP) is 1.52. The number of sulfonamides is 1. The summed E-state index contributed by atoms with van der Waals surface area (Å²) in [6.45, 7) is 2.34. The van der Waals surface area contributed by atoms with Gasteiger partial charge in [0.15, 0.2) is 0 Å². The van der Waals surface area contributed by atoms with Crippen molar-refractivity contribution in [2.24, 2.45) is 5.92 Å². The van der Waals surface area contributed by atoms with Gasteiger partial charge in [-0.2, -0.15) is 0 Å². The number of rotatable bonds is 7. The van der Waals surface area contributed by atoms with Gasteiger partial charge in [-0.3, -0.25) is 4.79 Å². The largest absolute Gasteiger partial charge is 0.341 e. The van der Waals surface area contributed by atoms with Crippen molar-refractivity contribution in [3.8, 4) is 0 Å². The molecule has 0 aromatic heterocycles. The standard InChI is InChI=1S/C17H24FN3O3S.ClH/c18-14-3-5-16(6-4-14)25(23,24)20-15-7-9-21(10-8-15)17(22)12-19-11-13-1-2-13;/h3-6,13,15,19-20H,1-2,7-12H2;1H. The summed E-state index contributed by atoms with van der Waals surface area (Å²) in [6, 6.07) is 4.55. The number of carbonyl (C=O) groups is 1. The van der Waals surface area contributed by atoms with Gasteiger partial charge in [0, 0.05) is 19.1 Å². The van der Waals surface area contributed by atoms with Gasteiger partial charge >= 0.3 is 0 Å². The van der Waals surface area contributed by atoms with Crippen molar-refractivity contribution in [2.45, 2.75) is 36.6 Å². The first-order valence-corrected chi connectivity index (χ1v) is 10.2. The highest BCUT2D eigenvalue weighted by atomic mass is 35.5. The number of amides is 1. The molecule has 1 aliphatic heterocycles. The van der Waals surface area contributed by atoms with Crippen LogP contribution in [0.25, 0.3) is 0 Å². The van der Waals surface area contributed by atoms with Crippen molar-refractivity contribution in [2.75, 3.05) is 26.2 Å². The first kappa shape index (κ1) is 21.1. The number of nitrogens with one attached hydrogen (secondary N) is 2. The highest BCUT2D eigenvalue weighted by Crippen LogP contribution is 2.27. The Morgan fingerprint density at radius 1 is 1.12 bits per heavy atom. The average molecular weight is 406 g/mol. The van der Waals surface area contributed by atoms with E-state index in [-0.39, 0.29) is 29.3 Å². The van der Waals surface area contributed by atoms with E-state index in [1.54, 1.807) is 4.90 Å². The summed E-state index contributed by atoms with van der Waals surface area (Å²) in [5.74, 6) is 0.334. The lowest BCUT2D eigenvalue weighted by Gasteiger charge is -2.32. The molecule has 0 unspecified atom stereocenters. The molecule has 1 heterocycles. The molecular formula is C17H25ClFN3O3S. The van der Waals surface area contributed by atoms with E-state index in [0.29, 0.717) is 32.5 Å². The van der Waals surface area contributed by atoms with Crippen LogP contribution in [-0.2, 0) is 14.8 Å². The van der Waals surface area contributed by atoms with Crippen LogP contribution in [0.3, 0.4) is 0 Å². The predicted molar refractivity (Wildman–Crippen MR) is 99.2 cm³/mol. The Balaban J connectivity index is 0.00000243. The third kappa shape index (κ3) is 5.90. The average Bonchev–Trinajstić information content (AvgIpc) is 3.40. The zero-order chi connectivity index (χ0) is 17.9. The number of carbonyl (C=O) groups excluding carboxylic acids is 1. The number of nitrogens with zero attached hydrogens (tertiary/aromatic N) is 1. The number of hydrogen-bond acceptors (Lipinski definition) is 4. The molecule has 1 saturated heterocycles. The quantitative estimate of drug-likeness (QED) is 0.720. The summed E-state index contributed by atoms with van der Waals surface area (Å²) in [5, 5.41) is 3.19. The fourth-order valence-corrected chi connectivity index (χ4v) is 4.27. The Morgan fingerprint density at radius 2 is 1.73 bits per heavy atom. The van der Waals surface area contributed by atoms with Gasteiger partial charge in [0.2, 0.25) is 15.9 Å². The van der Waals surface area contributed by atoms with Gasteiger partial charge in [-0.05, 0) is 62.4 Å². The van der Waals surface area contributed by atoms with Crippen molar-refractivity contribution in [1.29, 1.82) is 0 Å². The molecule has 1 amide bonds. The second-order valence-corrected chi connectivity index (χ2v) is 8.52. The lowest BCUT2D eigenvalue weighted by Crippen LogP contribution is -2.48. The van der Waals surface area contributed by atoms with Crippen LogP contribution in [0.5, 0.6) is 0 Å². The molecule has 3 rings (SSSR count). The second kappa shape index (κ2) is 9.12. The molecule has 0 bridgehead atoms. The van der Waals surface area contributed by atoms with E-state index in [1.807, 2.05) is 0 Å². The van der Waals surface area contributed by atoms with E-state index < -0.39 is 15.8 Å². The minimum absolute atomic E-state index is 0. The first-order chi connectivity index (χ1) is 11.9. The van der Waals surface area contributed by atoms with Gasteiger partial charge in [0.05, 0.1) is 11.4 Å². The number of hydrogen-bond donors (Lipinski definition) is 2. The van der Waals surface area contributed by atoms with Gasteiger partial charge in [-0.25, -0.2) is 17.5 Å². The van der Waals surface area contributed by atoms with E-state index >= 15 is 0 Å². The Morgan fingerprint density at radius 3 is 2.31 bits per heavy atom. The maximum absolute atomic E-state index is 12.9. The van der Waals surface area contributed by atoms with Crippen LogP contribution in [-0.4, -0.2) is 51.4 Å². The van der Waals surface area contributed by atoms with E-state index in [9.17, 15) is 17.6 Å². The Kier molecular flexibility index (Phi) is 7.40. The van der Waals surface area contributed by atoms with Crippen molar-refractivity contribution in [1.82, 2.24) is 14.9 Å². The van der Waals surface area contributed by atoms with Crippen LogP contribution in [0.4, 0.5) is 4.39 Å². The number of piperidine rings is 1. The molecule has 9 heteroatoms. The van der Waals surface area contributed by atoms with Crippen molar-refractivity contribution in [3.63, 3.8) is 0 Å². The van der Waals surface area contributed by atoms with Crippen LogP contribution >= 0.6 is 12.4 Å². The number of halogens is 2. The summed E-state index contributed by atoms with van der Waals surface area (Å²) in [7, 11) is -3.66. The molecule has 1 aromatic rings. The highest BCUT2D eigenvalue weighted by molar-refractivity contribution is 7.89. The van der Waals surface area contributed by atoms with Gasteiger partial charge in [-0.15, -0.1) is 12.4 Å². The van der Waals surface area contributed by atoms with Crippen molar-refractivity contribution in [3.05, 3.63) is 30.1 Å². The molecule has 1 aromatic carbocycles. The summed E-state index contributed by atoms with van der Waals surface area (Å²) in [6.07, 6.45) is 3.66. The smallest absolute Gasteiger partial charge is 0.240 e. The minimum atomic E-state index is -3.66. The SMILES string of the molecule is Cl.O=C(CNCC1CC1)N1CCC(NS(=O)(=O)c2ccc(F)cc2)CC1. The molecule has 1 saturated carbocycles. The Bertz CT molecular complexity index is 702. The molecule has 6 nitrogen and oxygen atoms in total. The molecule has 2 fully saturated rings. The van der Waals surface area contributed by atoms with E-state index in [4.69, 9.17) is 0 Å². The maximum atomic E-state index is 12.9. The molecule has 26 heavy (non-hydrogen) atoms. The highest BCUT2D eigenvalue weighted by Gasteiger charge is 2.27. The Hall–Kier alpha value is -1.22. The van der Waals surface area contributed by atoms with Gasteiger partial charge in [0.1, 0.15) is 5.82 Å². The number of likely N-dealkylation sites (tertiary alicyclic amines) is 1. The summed E-state index contributed by atoms with van der Waals surface area (Å²) >= 11 is 0. The lowest BCUT2D eigenvalue weighted by molar-refractivity contribution is -0.131. The molecule has 2 aliphatic rings. The van der Waals surface area contributed by atoms with Crippen LogP contribution in [0, 0.1) is 11.7 Å². The van der Waals surface area contributed by atoms with E-state index in [2.05, 4.69) is 10.0 Å². The third-order valence-electron chi connectivity index (χ3n) is 4.70. The minimum Gasteiger partial charge on any atom is -0.341 e. The van der Waals surface area contributed by atoms with Crippen LogP contribution < -0.4 is 10.0 Å². The summed E-state index contributed by atoms with van der Waals surface area (Å²) in [5.41, 5.74) is 0. The molecule has 1 aliphatic carbocycles. The molecular weight excluding hydrogens is 381 g/mol.